The number of piperidine rings is 1. The highest BCUT2D eigenvalue weighted by Crippen LogP contribution is 2.20. The topological polar surface area (TPSA) is 38.7 Å². The third kappa shape index (κ3) is 5.68. The fourth-order valence-corrected chi connectivity index (χ4v) is 3.42. The summed E-state index contributed by atoms with van der Waals surface area (Å²) in [5.41, 5.74) is 0. The Morgan fingerprint density at radius 1 is 1.05 bits per heavy atom. The molecule has 0 amide bonds. The second kappa shape index (κ2) is 8.32. The second-order valence-electron chi connectivity index (χ2n) is 6.97. The van der Waals surface area contributed by atoms with Crippen molar-refractivity contribution in [2.24, 2.45) is 5.92 Å². The number of likely N-dealkylation sites (tertiary alicyclic amines) is 2. The Labute approximate surface area is 124 Å². The van der Waals surface area contributed by atoms with Crippen LogP contribution in [0.2, 0.25) is 0 Å². The van der Waals surface area contributed by atoms with Gasteiger partial charge in [0.2, 0.25) is 0 Å². The lowest BCUT2D eigenvalue weighted by Gasteiger charge is -2.34. The number of rotatable bonds is 7. The number of nitrogens with one attached hydrogen (secondary N) is 1. The number of hydrogen-bond donors (Lipinski definition) is 2. The molecule has 2 rings (SSSR count). The van der Waals surface area contributed by atoms with Crippen LogP contribution in [0.15, 0.2) is 0 Å². The maximum atomic E-state index is 10.0. The van der Waals surface area contributed by atoms with Gasteiger partial charge < -0.3 is 20.2 Å². The number of aliphatic hydroxyl groups excluding tert-OH is 1. The minimum Gasteiger partial charge on any atom is -0.390 e. The van der Waals surface area contributed by atoms with Crippen molar-refractivity contribution in [3.63, 3.8) is 0 Å². The third-order valence-corrected chi connectivity index (χ3v) is 4.65. The van der Waals surface area contributed by atoms with Gasteiger partial charge in [0, 0.05) is 25.7 Å². The summed E-state index contributed by atoms with van der Waals surface area (Å²) in [6.07, 6.45) is 5.18. The first-order chi connectivity index (χ1) is 9.63. The molecule has 4 nitrogen and oxygen atoms in total. The van der Waals surface area contributed by atoms with Gasteiger partial charge in [0.1, 0.15) is 0 Å². The molecule has 2 saturated heterocycles. The number of hydrogen-bond acceptors (Lipinski definition) is 4. The fraction of sp³-hybridized carbons (Fsp3) is 1.00. The van der Waals surface area contributed by atoms with Crippen LogP contribution >= 0.6 is 0 Å². The average molecular weight is 283 g/mol. The van der Waals surface area contributed by atoms with E-state index in [1.807, 2.05) is 0 Å². The summed E-state index contributed by atoms with van der Waals surface area (Å²) in [7, 11) is 0. The standard InChI is InChI=1S/C16H33N3O/c1-14(2)17-11-16(20)13-19-9-5-15(6-10-19)12-18-7-3-4-8-18/h14-17,20H,3-13H2,1-2H3. The first kappa shape index (κ1) is 16.2. The van der Waals surface area contributed by atoms with Gasteiger partial charge in [-0.15, -0.1) is 0 Å². The molecule has 2 fully saturated rings. The molecule has 0 saturated carbocycles. The third-order valence-electron chi connectivity index (χ3n) is 4.65. The van der Waals surface area contributed by atoms with E-state index in [1.54, 1.807) is 0 Å². The molecule has 0 bridgehead atoms. The van der Waals surface area contributed by atoms with E-state index in [-0.39, 0.29) is 6.10 Å². The largest absolute Gasteiger partial charge is 0.390 e. The normalized spacial score (nSPS) is 24.6. The van der Waals surface area contributed by atoms with Crippen molar-refractivity contribution in [3.8, 4) is 0 Å². The zero-order chi connectivity index (χ0) is 14.4. The van der Waals surface area contributed by atoms with Crippen LogP contribution in [0.25, 0.3) is 0 Å². The maximum Gasteiger partial charge on any atom is 0.0791 e. The van der Waals surface area contributed by atoms with E-state index in [0.29, 0.717) is 12.6 Å². The van der Waals surface area contributed by atoms with Crippen LogP contribution in [0, 0.1) is 5.92 Å². The van der Waals surface area contributed by atoms with Crippen molar-refractivity contribution < 1.29 is 5.11 Å². The Bertz CT molecular complexity index is 258. The van der Waals surface area contributed by atoms with Crippen LogP contribution < -0.4 is 5.32 Å². The lowest BCUT2D eigenvalue weighted by molar-refractivity contribution is 0.0815. The van der Waals surface area contributed by atoms with E-state index in [1.165, 1.54) is 45.3 Å². The van der Waals surface area contributed by atoms with Crippen molar-refractivity contribution >= 4 is 0 Å². The molecular formula is C16H33N3O. The SMILES string of the molecule is CC(C)NCC(O)CN1CCC(CN2CCCC2)CC1. The summed E-state index contributed by atoms with van der Waals surface area (Å²) in [4.78, 5) is 5.08. The molecule has 2 N–H and O–H groups in total. The van der Waals surface area contributed by atoms with Gasteiger partial charge in [0.15, 0.2) is 0 Å². The second-order valence-corrected chi connectivity index (χ2v) is 6.97. The Morgan fingerprint density at radius 3 is 2.30 bits per heavy atom. The van der Waals surface area contributed by atoms with Gasteiger partial charge in [-0.1, -0.05) is 13.8 Å². The molecule has 20 heavy (non-hydrogen) atoms. The molecule has 0 radical (unpaired) electrons. The van der Waals surface area contributed by atoms with Crippen molar-refractivity contribution in [1.29, 1.82) is 0 Å². The van der Waals surface area contributed by atoms with E-state index in [9.17, 15) is 5.11 Å². The summed E-state index contributed by atoms with van der Waals surface area (Å²) in [6, 6.07) is 0.454. The van der Waals surface area contributed by atoms with Gasteiger partial charge >= 0.3 is 0 Å². The predicted octanol–water partition coefficient (Wildman–Crippen LogP) is 1.15. The fourth-order valence-electron chi connectivity index (χ4n) is 3.42. The first-order valence-corrected chi connectivity index (χ1v) is 8.49. The van der Waals surface area contributed by atoms with E-state index in [4.69, 9.17) is 0 Å². The highest BCUT2D eigenvalue weighted by atomic mass is 16.3. The predicted molar refractivity (Wildman–Crippen MR) is 84.0 cm³/mol. The summed E-state index contributed by atoms with van der Waals surface area (Å²) in [5, 5.41) is 13.3. The number of β-amino-alcohol motifs (C(OH)–C–C–N with tert-alkyl or cyclic N) is 1. The van der Waals surface area contributed by atoms with Gasteiger partial charge in [0.05, 0.1) is 6.10 Å². The van der Waals surface area contributed by atoms with Crippen LogP contribution in [0.4, 0.5) is 0 Å². The lowest BCUT2D eigenvalue weighted by Crippen LogP contribution is -2.44. The van der Waals surface area contributed by atoms with E-state index < -0.39 is 0 Å². The van der Waals surface area contributed by atoms with Gasteiger partial charge in [-0.3, -0.25) is 0 Å². The number of aliphatic hydroxyl groups is 1. The molecular weight excluding hydrogens is 250 g/mol. The average Bonchev–Trinajstić information content (AvgIpc) is 2.92. The molecule has 0 aromatic heterocycles. The Balaban J connectivity index is 1.58. The Kier molecular flexibility index (Phi) is 6.75. The molecule has 0 aromatic rings. The Morgan fingerprint density at radius 2 is 1.70 bits per heavy atom. The summed E-state index contributed by atoms with van der Waals surface area (Å²) >= 11 is 0. The van der Waals surface area contributed by atoms with Crippen LogP contribution in [-0.4, -0.2) is 72.9 Å². The van der Waals surface area contributed by atoms with Gasteiger partial charge in [-0.2, -0.15) is 0 Å². The van der Waals surface area contributed by atoms with E-state index in [2.05, 4.69) is 29.0 Å². The van der Waals surface area contributed by atoms with Crippen LogP contribution in [0.1, 0.15) is 39.5 Å². The van der Waals surface area contributed by atoms with Crippen molar-refractivity contribution in [2.75, 3.05) is 45.8 Å². The lowest BCUT2D eigenvalue weighted by atomic mass is 9.96. The first-order valence-electron chi connectivity index (χ1n) is 8.49. The minimum atomic E-state index is -0.229. The van der Waals surface area contributed by atoms with E-state index in [0.717, 1.165) is 25.6 Å². The van der Waals surface area contributed by atoms with Crippen molar-refractivity contribution in [3.05, 3.63) is 0 Å². The molecule has 0 aliphatic carbocycles. The summed E-state index contributed by atoms with van der Waals surface area (Å²) < 4.78 is 0. The Hall–Kier alpha value is -0.160. The minimum absolute atomic E-state index is 0.229. The van der Waals surface area contributed by atoms with Crippen LogP contribution in [0.5, 0.6) is 0 Å². The smallest absolute Gasteiger partial charge is 0.0791 e. The van der Waals surface area contributed by atoms with Gasteiger partial charge in [-0.25, -0.2) is 0 Å². The summed E-state index contributed by atoms with van der Waals surface area (Å²) in [5.74, 6) is 0.885. The van der Waals surface area contributed by atoms with Gasteiger partial charge in [0.25, 0.3) is 0 Å². The van der Waals surface area contributed by atoms with E-state index >= 15 is 0 Å². The van der Waals surface area contributed by atoms with Crippen LogP contribution in [0.3, 0.4) is 0 Å². The zero-order valence-electron chi connectivity index (χ0n) is 13.4. The monoisotopic (exact) mass is 283 g/mol. The molecule has 118 valence electrons. The molecule has 1 unspecified atom stereocenters. The van der Waals surface area contributed by atoms with Gasteiger partial charge in [-0.05, 0) is 57.8 Å². The molecule has 2 aliphatic rings. The molecule has 2 aliphatic heterocycles. The maximum absolute atomic E-state index is 10.0. The van der Waals surface area contributed by atoms with Crippen molar-refractivity contribution in [2.45, 2.75) is 51.7 Å². The molecule has 0 aromatic carbocycles. The highest BCUT2D eigenvalue weighted by Gasteiger charge is 2.23. The van der Waals surface area contributed by atoms with Crippen LogP contribution in [-0.2, 0) is 0 Å². The molecule has 0 spiro atoms. The molecule has 2 heterocycles. The van der Waals surface area contributed by atoms with Crippen molar-refractivity contribution in [1.82, 2.24) is 15.1 Å². The quantitative estimate of drug-likeness (QED) is 0.735. The highest BCUT2D eigenvalue weighted by molar-refractivity contribution is 4.78. The molecule has 4 heteroatoms. The summed E-state index contributed by atoms with van der Waals surface area (Å²) in [6.45, 7) is 12.1. The molecule has 1 atom stereocenters. The number of nitrogens with zero attached hydrogens (tertiary/aromatic N) is 2. The zero-order valence-corrected chi connectivity index (χ0v) is 13.4.